The van der Waals surface area contributed by atoms with E-state index in [0.29, 0.717) is 6.54 Å². The lowest BCUT2D eigenvalue weighted by Crippen LogP contribution is -2.21. The van der Waals surface area contributed by atoms with Crippen molar-refractivity contribution in [3.63, 3.8) is 0 Å². The summed E-state index contributed by atoms with van der Waals surface area (Å²) in [5, 5.41) is 4.00. The zero-order chi connectivity index (χ0) is 16.4. The van der Waals surface area contributed by atoms with E-state index in [2.05, 4.69) is 39.6 Å². The molecule has 3 aromatic rings. The van der Waals surface area contributed by atoms with Crippen LogP contribution in [0.25, 0.3) is 10.9 Å². The Labute approximate surface area is 141 Å². The number of Topliss-reactive ketones (excluding diaryl/α,β-unsaturated/α-hetero) is 1. The standard InChI is InChI=1S/C20H19N3O/c24-17-13-21-20-19-15(17)10-6-11-16(19)22-18(23-20)12-5-4-9-14-7-2-1-3-8-14/h1-3,6-8,10-11H,4-5,9,12-13H2,(H,21,22,23). The number of rotatable bonds is 5. The highest BCUT2D eigenvalue weighted by Gasteiger charge is 2.20. The molecule has 4 nitrogen and oxygen atoms in total. The first-order chi connectivity index (χ1) is 11.8. The van der Waals surface area contributed by atoms with Gasteiger partial charge in [-0.1, -0.05) is 42.5 Å². The van der Waals surface area contributed by atoms with Gasteiger partial charge in [0.1, 0.15) is 11.6 Å². The zero-order valence-electron chi connectivity index (χ0n) is 13.5. The van der Waals surface area contributed by atoms with E-state index in [0.717, 1.165) is 53.8 Å². The van der Waals surface area contributed by atoms with Crippen LogP contribution in [-0.4, -0.2) is 22.3 Å². The fourth-order valence-corrected chi connectivity index (χ4v) is 3.22. The first kappa shape index (κ1) is 14.8. The van der Waals surface area contributed by atoms with Crippen LogP contribution in [0.5, 0.6) is 0 Å². The lowest BCUT2D eigenvalue weighted by Gasteiger charge is -2.17. The van der Waals surface area contributed by atoms with E-state index in [9.17, 15) is 4.79 Å². The molecule has 0 fully saturated rings. The summed E-state index contributed by atoms with van der Waals surface area (Å²) in [4.78, 5) is 21.3. The predicted molar refractivity (Wildman–Crippen MR) is 95.4 cm³/mol. The molecule has 1 aliphatic heterocycles. The van der Waals surface area contributed by atoms with E-state index in [-0.39, 0.29) is 5.78 Å². The predicted octanol–water partition coefficient (Wildman–Crippen LogP) is 3.80. The van der Waals surface area contributed by atoms with Gasteiger partial charge in [0.25, 0.3) is 0 Å². The molecule has 0 atom stereocenters. The molecule has 0 bridgehead atoms. The van der Waals surface area contributed by atoms with Gasteiger partial charge in [-0.3, -0.25) is 4.79 Å². The highest BCUT2D eigenvalue weighted by Crippen LogP contribution is 2.28. The van der Waals surface area contributed by atoms with Crippen molar-refractivity contribution in [2.45, 2.75) is 25.7 Å². The summed E-state index contributed by atoms with van der Waals surface area (Å²) >= 11 is 0. The Morgan fingerprint density at radius 3 is 2.62 bits per heavy atom. The molecule has 0 aliphatic carbocycles. The summed E-state index contributed by atoms with van der Waals surface area (Å²) in [6, 6.07) is 16.3. The summed E-state index contributed by atoms with van der Waals surface area (Å²) in [5.74, 6) is 1.75. The molecule has 24 heavy (non-hydrogen) atoms. The van der Waals surface area contributed by atoms with E-state index in [1.165, 1.54) is 5.56 Å². The first-order valence-electron chi connectivity index (χ1n) is 8.42. The number of hydrogen-bond acceptors (Lipinski definition) is 4. The Balaban J connectivity index is 1.49. The Kier molecular flexibility index (Phi) is 3.95. The minimum atomic E-state index is 0.104. The molecule has 0 radical (unpaired) electrons. The highest BCUT2D eigenvalue weighted by atomic mass is 16.1. The van der Waals surface area contributed by atoms with Gasteiger partial charge in [0, 0.05) is 12.0 Å². The summed E-state index contributed by atoms with van der Waals surface area (Å²) in [5.41, 5.74) is 2.96. The second-order valence-electron chi connectivity index (χ2n) is 6.16. The van der Waals surface area contributed by atoms with Crippen LogP contribution < -0.4 is 5.32 Å². The Hall–Kier alpha value is -2.75. The van der Waals surface area contributed by atoms with Crippen LogP contribution in [0.15, 0.2) is 48.5 Å². The Morgan fingerprint density at radius 1 is 0.917 bits per heavy atom. The van der Waals surface area contributed by atoms with Crippen molar-refractivity contribution in [2.24, 2.45) is 0 Å². The number of ketones is 1. The number of aromatic nitrogens is 2. The molecule has 1 aliphatic rings. The van der Waals surface area contributed by atoms with Crippen molar-refractivity contribution in [3.8, 4) is 0 Å². The van der Waals surface area contributed by atoms with E-state index >= 15 is 0 Å². The number of anilines is 1. The van der Waals surface area contributed by atoms with Gasteiger partial charge < -0.3 is 5.32 Å². The van der Waals surface area contributed by atoms with Crippen molar-refractivity contribution >= 4 is 22.5 Å². The molecule has 4 heteroatoms. The Morgan fingerprint density at radius 2 is 1.75 bits per heavy atom. The Bertz CT molecular complexity index is 890. The van der Waals surface area contributed by atoms with Crippen LogP contribution in [-0.2, 0) is 12.8 Å². The summed E-state index contributed by atoms with van der Waals surface area (Å²) < 4.78 is 0. The molecule has 2 aromatic carbocycles. The lowest BCUT2D eigenvalue weighted by atomic mass is 10.0. The van der Waals surface area contributed by atoms with E-state index in [1.54, 1.807) is 0 Å². The molecule has 0 saturated carbocycles. The third kappa shape index (κ3) is 2.87. The first-order valence-corrected chi connectivity index (χ1v) is 8.42. The van der Waals surface area contributed by atoms with Crippen LogP contribution >= 0.6 is 0 Å². The van der Waals surface area contributed by atoms with Crippen LogP contribution in [0.3, 0.4) is 0 Å². The van der Waals surface area contributed by atoms with Gasteiger partial charge in [0.05, 0.1) is 17.4 Å². The number of nitrogens with zero attached hydrogens (tertiary/aromatic N) is 2. The van der Waals surface area contributed by atoms with Gasteiger partial charge in [-0.05, 0) is 30.9 Å². The molecule has 4 rings (SSSR count). The molecule has 0 unspecified atom stereocenters. The summed E-state index contributed by atoms with van der Waals surface area (Å²) in [6.07, 6.45) is 4.11. The summed E-state index contributed by atoms with van der Waals surface area (Å²) in [7, 11) is 0. The van der Waals surface area contributed by atoms with Crippen LogP contribution in [0.2, 0.25) is 0 Å². The third-order valence-corrected chi connectivity index (χ3v) is 4.45. The van der Waals surface area contributed by atoms with Gasteiger partial charge in [-0.15, -0.1) is 0 Å². The van der Waals surface area contributed by atoms with Crippen LogP contribution in [0, 0.1) is 0 Å². The molecule has 1 aromatic heterocycles. The maximum Gasteiger partial charge on any atom is 0.182 e. The number of nitrogens with one attached hydrogen (secondary N) is 1. The van der Waals surface area contributed by atoms with E-state index < -0.39 is 0 Å². The third-order valence-electron chi connectivity index (χ3n) is 4.45. The average molecular weight is 317 g/mol. The van der Waals surface area contributed by atoms with Gasteiger partial charge in [0.15, 0.2) is 5.78 Å². The smallest absolute Gasteiger partial charge is 0.182 e. The minimum absolute atomic E-state index is 0.104. The van der Waals surface area contributed by atoms with Crippen LogP contribution in [0.1, 0.15) is 34.6 Å². The highest BCUT2D eigenvalue weighted by molar-refractivity contribution is 6.15. The lowest BCUT2D eigenvalue weighted by molar-refractivity contribution is 0.101. The second-order valence-corrected chi connectivity index (χ2v) is 6.16. The molecule has 0 amide bonds. The largest absolute Gasteiger partial charge is 0.362 e. The topological polar surface area (TPSA) is 54.9 Å². The SMILES string of the molecule is O=C1CNc2nc(CCCCc3ccccc3)nc3cccc1c23. The fraction of sp³-hybridized carbons (Fsp3) is 0.250. The fourth-order valence-electron chi connectivity index (χ4n) is 3.22. The van der Waals surface area contributed by atoms with E-state index in [4.69, 9.17) is 0 Å². The monoisotopic (exact) mass is 317 g/mol. The summed E-state index contributed by atoms with van der Waals surface area (Å²) in [6.45, 7) is 0.316. The van der Waals surface area contributed by atoms with Gasteiger partial charge >= 0.3 is 0 Å². The minimum Gasteiger partial charge on any atom is -0.362 e. The maximum absolute atomic E-state index is 12.0. The zero-order valence-corrected chi connectivity index (χ0v) is 13.5. The van der Waals surface area contributed by atoms with Crippen molar-refractivity contribution in [2.75, 3.05) is 11.9 Å². The molecule has 2 heterocycles. The quantitative estimate of drug-likeness (QED) is 0.727. The van der Waals surface area contributed by atoms with Crippen molar-refractivity contribution < 1.29 is 4.79 Å². The molecule has 120 valence electrons. The molecular formula is C20H19N3O. The molecular weight excluding hydrogens is 298 g/mol. The van der Waals surface area contributed by atoms with Crippen molar-refractivity contribution in [1.29, 1.82) is 0 Å². The van der Waals surface area contributed by atoms with E-state index in [1.807, 2.05) is 24.3 Å². The molecule has 0 saturated heterocycles. The number of unbranched alkanes of at least 4 members (excludes halogenated alkanes) is 1. The van der Waals surface area contributed by atoms with Crippen molar-refractivity contribution in [3.05, 3.63) is 65.5 Å². The number of carbonyl (C=O) groups is 1. The van der Waals surface area contributed by atoms with Gasteiger partial charge in [-0.25, -0.2) is 9.97 Å². The second kappa shape index (κ2) is 6.40. The number of benzene rings is 2. The number of hydrogen-bond donors (Lipinski definition) is 1. The normalized spacial score (nSPS) is 13.1. The van der Waals surface area contributed by atoms with Gasteiger partial charge in [0.2, 0.25) is 0 Å². The van der Waals surface area contributed by atoms with Gasteiger partial charge in [-0.2, -0.15) is 0 Å². The average Bonchev–Trinajstić information content (AvgIpc) is 2.63. The number of aryl methyl sites for hydroxylation is 2. The number of carbonyl (C=O) groups excluding carboxylic acids is 1. The maximum atomic E-state index is 12.0. The van der Waals surface area contributed by atoms with Crippen molar-refractivity contribution in [1.82, 2.24) is 9.97 Å². The molecule has 0 spiro atoms. The molecule has 1 N–H and O–H groups in total. The van der Waals surface area contributed by atoms with Crippen LogP contribution in [0.4, 0.5) is 5.82 Å².